The number of hydrogen-bond donors (Lipinski definition) is 2. The zero-order valence-electron chi connectivity index (χ0n) is 11.3. The molecule has 2 rings (SSSR count). The van der Waals surface area contributed by atoms with E-state index in [0.717, 1.165) is 31.7 Å². The molecule has 0 bridgehead atoms. The van der Waals surface area contributed by atoms with Crippen molar-refractivity contribution in [1.29, 1.82) is 0 Å². The van der Waals surface area contributed by atoms with E-state index in [0.29, 0.717) is 0 Å². The minimum Gasteiger partial charge on any atom is -0.480 e. The first-order valence-electron chi connectivity index (χ1n) is 6.72. The Morgan fingerprint density at radius 3 is 2.62 bits per heavy atom. The van der Waals surface area contributed by atoms with Crippen LogP contribution in [0.3, 0.4) is 0 Å². The number of urea groups is 1. The summed E-state index contributed by atoms with van der Waals surface area (Å²) in [6.07, 6.45) is 3.53. The first kappa shape index (κ1) is 15.6. The quantitative estimate of drug-likeness (QED) is 0.895. The molecule has 1 aromatic carbocycles. The number of benzene rings is 1. The van der Waals surface area contributed by atoms with E-state index < -0.39 is 17.8 Å². The molecule has 0 radical (unpaired) electrons. The van der Waals surface area contributed by atoms with E-state index in [9.17, 15) is 14.0 Å². The number of halogens is 2. The van der Waals surface area contributed by atoms with Crippen molar-refractivity contribution >= 4 is 29.3 Å². The molecular formula is C14H16ClFN2O3. The second kappa shape index (κ2) is 6.76. The summed E-state index contributed by atoms with van der Waals surface area (Å²) in [5, 5.41) is 11.6. The van der Waals surface area contributed by atoms with Crippen LogP contribution in [0.5, 0.6) is 0 Å². The number of carboxylic acid groups (broad SMARTS) is 1. The summed E-state index contributed by atoms with van der Waals surface area (Å²) in [5.74, 6) is -1.57. The fraction of sp³-hybridized carbons (Fsp3) is 0.429. The standard InChI is InChI=1S/C14H16ClFN2O3/c15-11-7-9(16)5-6-12(11)17-14(21)18(8-13(19)20)10-3-1-2-4-10/h5-7,10H,1-4,8H2,(H,17,21)(H,19,20). The van der Waals surface area contributed by atoms with Gasteiger partial charge in [-0.15, -0.1) is 0 Å². The molecule has 0 spiro atoms. The van der Waals surface area contributed by atoms with E-state index >= 15 is 0 Å². The summed E-state index contributed by atoms with van der Waals surface area (Å²) >= 11 is 5.85. The summed E-state index contributed by atoms with van der Waals surface area (Å²) in [5.41, 5.74) is 0.261. The molecule has 5 nitrogen and oxygen atoms in total. The number of carbonyl (C=O) groups excluding carboxylic acids is 1. The van der Waals surface area contributed by atoms with Crippen LogP contribution in [0.4, 0.5) is 14.9 Å². The Bertz CT molecular complexity index is 547. The lowest BCUT2D eigenvalue weighted by Gasteiger charge is -2.27. The zero-order chi connectivity index (χ0) is 15.4. The molecule has 0 atom stereocenters. The van der Waals surface area contributed by atoms with Gasteiger partial charge in [0.1, 0.15) is 12.4 Å². The molecule has 1 fully saturated rings. The monoisotopic (exact) mass is 314 g/mol. The third kappa shape index (κ3) is 4.07. The number of carboxylic acids is 1. The number of carbonyl (C=O) groups is 2. The normalized spacial score (nSPS) is 15.0. The fourth-order valence-corrected chi connectivity index (χ4v) is 2.72. The largest absolute Gasteiger partial charge is 0.480 e. The first-order chi connectivity index (χ1) is 9.97. The Morgan fingerprint density at radius 2 is 2.05 bits per heavy atom. The van der Waals surface area contributed by atoms with Gasteiger partial charge in [0.15, 0.2) is 0 Å². The number of anilines is 1. The number of hydrogen-bond acceptors (Lipinski definition) is 2. The van der Waals surface area contributed by atoms with Crippen LogP contribution in [-0.2, 0) is 4.79 Å². The van der Waals surface area contributed by atoms with E-state index in [1.807, 2.05) is 0 Å². The van der Waals surface area contributed by atoms with Crippen molar-refractivity contribution in [3.8, 4) is 0 Å². The van der Waals surface area contributed by atoms with Gasteiger partial charge in [0.05, 0.1) is 10.7 Å². The van der Waals surface area contributed by atoms with Gasteiger partial charge in [0.2, 0.25) is 0 Å². The number of nitrogens with one attached hydrogen (secondary N) is 1. The van der Waals surface area contributed by atoms with Crippen molar-refractivity contribution in [2.75, 3.05) is 11.9 Å². The summed E-state index contributed by atoms with van der Waals surface area (Å²) in [4.78, 5) is 24.5. The van der Waals surface area contributed by atoms with E-state index in [1.165, 1.54) is 17.0 Å². The summed E-state index contributed by atoms with van der Waals surface area (Å²) in [6, 6.07) is 3.01. The number of rotatable bonds is 4. The predicted molar refractivity (Wildman–Crippen MR) is 77.0 cm³/mol. The van der Waals surface area contributed by atoms with Crippen LogP contribution in [-0.4, -0.2) is 34.6 Å². The lowest BCUT2D eigenvalue weighted by atomic mass is 10.2. The molecule has 1 saturated carbocycles. The predicted octanol–water partition coefficient (Wildman–Crippen LogP) is 3.34. The van der Waals surface area contributed by atoms with E-state index in [2.05, 4.69) is 5.32 Å². The molecule has 0 heterocycles. The highest BCUT2D eigenvalue weighted by Gasteiger charge is 2.28. The molecule has 1 aliphatic carbocycles. The number of amides is 2. The maximum Gasteiger partial charge on any atom is 0.323 e. The van der Waals surface area contributed by atoms with Gasteiger partial charge in [0.25, 0.3) is 0 Å². The topological polar surface area (TPSA) is 69.6 Å². The van der Waals surface area contributed by atoms with Gasteiger partial charge in [-0.2, -0.15) is 0 Å². The maximum absolute atomic E-state index is 13.0. The molecule has 21 heavy (non-hydrogen) atoms. The minimum absolute atomic E-state index is 0.0741. The van der Waals surface area contributed by atoms with E-state index in [4.69, 9.17) is 16.7 Å². The van der Waals surface area contributed by atoms with Crippen LogP contribution in [0.25, 0.3) is 0 Å². The molecule has 2 N–H and O–H groups in total. The molecular weight excluding hydrogens is 299 g/mol. The Hall–Kier alpha value is -1.82. The van der Waals surface area contributed by atoms with Crippen LogP contribution in [0, 0.1) is 5.82 Å². The first-order valence-corrected chi connectivity index (χ1v) is 7.09. The molecule has 114 valence electrons. The van der Waals surface area contributed by atoms with Gasteiger partial charge >= 0.3 is 12.0 Å². The van der Waals surface area contributed by atoms with Crippen LogP contribution >= 0.6 is 11.6 Å². The smallest absolute Gasteiger partial charge is 0.323 e. The van der Waals surface area contributed by atoms with Gasteiger partial charge in [-0.3, -0.25) is 4.79 Å². The van der Waals surface area contributed by atoms with Crippen molar-refractivity contribution in [2.45, 2.75) is 31.7 Å². The van der Waals surface area contributed by atoms with Crippen LogP contribution < -0.4 is 5.32 Å². The van der Waals surface area contributed by atoms with Crippen molar-refractivity contribution in [1.82, 2.24) is 4.90 Å². The molecule has 0 saturated heterocycles. The van der Waals surface area contributed by atoms with Gasteiger partial charge in [-0.1, -0.05) is 24.4 Å². The molecule has 2 amide bonds. The second-order valence-electron chi connectivity index (χ2n) is 5.01. The Morgan fingerprint density at radius 1 is 1.38 bits per heavy atom. The lowest BCUT2D eigenvalue weighted by Crippen LogP contribution is -2.44. The average molecular weight is 315 g/mol. The van der Waals surface area contributed by atoms with Crippen LogP contribution in [0.1, 0.15) is 25.7 Å². The average Bonchev–Trinajstić information content (AvgIpc) is 2.92. The molecule has 0 unspecified atom stereocenters. The third-order valence-electron chi connectivity index (χ3n) is 3.50. The van der Waals surface area contributed by atoms with Gasteiger partial charge in [-0.25, -0.2) is 9.18 Å². The highest BCUT2D eigenvalue weighted by Crippen LogP contribution is 2.26. The van der Waals surface area contributed by atoms with Crippen LogP contribution in [0.2, 0.25) is 5.02 Å². The minimum atomic E-state index is -1.07. The Labute approximate surface area is 126 Å². The highest BCUT2D eigenvalue weighted by molar-refractivity contribution is 6.33. The maximum atomic E-state index is 13.0. The van der Waals surface area contributed by atoms with Crippen LogP contribution in [0.15, 0.2) is 18.2 Å². The Kier molecular flexibility index (Phi) is 5.01. The molecule has 0 aliphatic heterocycles. The van der Waals surface area contributed by atoms with Gasteiger partial charge < -0.3 is 15.3 Å². The molecule has 1 aliphatic rings. The SMILES string of the molecule is O=C(O)CN(C(=O)Nc1ccc(F)cc1Cl)C1CCCC1. The third-order valence-corrected chi connectivity index (χ3v) is 3.82. The van der Waals surface area contributed by atoms with Crippen molar-refractivity contribution in [2.24, 2.45) is 0 Å². The Balaban J connectivity index is 2.11. The lowest BCUT2D eigenvalue weighted by molar-refractivity contribution is -0.138. The van der Waals surface area contributed by atoms with Gasteiger partial charge in [-0.05, 0) is 31.0 Å². The number of nitrogens with zero attached hydrogens (tertiary/aromatic N) is 1. The van der Waals surface area contributed by atoms with E-state index in [-0.39, 0.29) is 23.3 Å². The fourth-order valence-electron chi connectivity index (χ4n) is 2.51. The summed E-state index contributed by atoms with van der Waals surface area (Å²) in [6.45, 7) is -0.366. The summed E-state index contributed by atoms with van der Waals surface area (Å²) < 4.78 is 13.0. The van der Waals surface area contributed by atoms with Crippen molar-refractivity contribution < 1.29 is 19.1 Å². The molecule has 0 aromatic heterocycles. The zero-order valence-corrected chi connectivity index (χ0v) is 12.1. The molecule has 1 aromatic rings. The van der Waals surface area contributed by atoms with Crippen molar-refractivity contribution in [3.63, 3.8) is 0 Å². The molecule has 7 heteroatoms. The van der Waals surface area contributed by atoms with Crippen molar-refractivity contribution in [3.05, 3.63) is 29.0 Å². The number of aliphatic carboxylic acids is 1. The van der Waals surface area contributed by atoms with Gasteiger partial charge in [0, 0.05) is 6.04 Å². The van der Waals surface area contributed by atoms with E-state index in [1.54, 1.807) is 0 Å². The highest BCUT2D eigenvalue weighted by atomic mass is 35.5. The second-order valence-corrected chi connectivity index (χ2v) is 5.42. The summed E-state index contributed by atoms with van der Waals surface area (Å²) in [7, 11) is 0.